The lowest BCUT2D eigenvalue weighted by molar-refractivity contribution is 0.114. The number of rotatable bonds is 5. The second kappa shape index (κ2) is 9.81. The van der Waals surface area contributed by atoms with Gasteiger partial charge >= 0.3 is 0 Å². The highest BCUT2D eigenvalue weighted by Crippen LogP contribution is 2.28. The molecule has 0 bridgehead atoms. The summed E-state index contributed by atoms with van der Waals surface area (Å²) in [6.45, 7) is 3.84. The highest BCUT2D eigenvalue weighted by molar-refractivity contribution is 6.37. The van der Waals surface area contributed by atoms with Gasteiger partial charge in [-0.2, -0.15) is 9.78 Å². The van der Waals surface area contributed by atoms with Crippen molar-refractivity contribution in [3.63, 3.8) is 0 Å². The smallest absolute Gasteiger partial charge is 0.282 e. The molecule has 1 saturated heterocycles. The van der Waals surface area contributed by atoms with Gasteiger partial charge in [-0.15, -0.1) is 0 Å². The van der Waals surface area contributed by atoms with Gasteiger partial charge in [0.2, 0.25) is 5.95 Å². The summed E-state index contributed by atoms with van der Waals surface area (Å²) in [5.74, 6) is 1.15. The van der Waals surface area contributed by atoms with Crippen molar-refractivity contribution in [1.82, 2.24) is 24.6 Å². The maximum atomic E-state index is 13.2. The van der Waals surface area contributed by atoms with Crippen LogP contribution >= 0.6 is 23.2 Å². The van der Waals surface area contributed by atoms with E-state index in [1.54, 1.807) is 25.1 Å². The molecule has 1 aliphatic rings. The molecule has 0 spiro atoms. The van der Waals surface area contributed by atoms with Crippen LogP contribution in [0.4, 0.5) is 11.6 Å². The fraction of sp³-hybridized carbons (Fsp3) is 0.280. The number of anilines is 2. The van der Waals surface area contributed by atoms with Gasteiger partial charge in [0, 0.05) is 31.0 Å². The fourth-order valence-electron chi connectivity index (χ4n) is 4.15. The topological polar surface area (TPSA) is 85.2 Å². The number of fused-ring (bicyclic) bond motifs is 1. The molecule has 0 amide bonds. The van der Waals surface area contributed by atoms with Gasteiger partial charge in [0.1, 0.15) is 23.1 Å². The molecular weight excluding hydrogens is 487 g/mol. The van der Waals surface area contributed by atoms with E-state index in [0.717, 1.165) is 37.4 Å². The van der Waals surface area contributed by atoms with E-state index in [4.69, 9.17) is 27.9 Å². The summed E-state index contributed by atoms with van der Waals surface area (Å²) < 4.78 is 7.38. The summed E-state index contributed by atoms with van der Waals surface area (Å²) in [7, 11) is 2.13. The summed E-state index contributed by atoms with van der Waals surface area (Å²) in [6.07, 6.45) is 3.71. The quantitative estimate of drug-likeness (QED) is 0.403. The summed E-state index contributed by atoms with van der Waals surface area (Å²) in [5, 5.41) is 8.59. The molecule has 1 fully saturated rings. The minimum absolute atomic E-state index is 0.209. The van der Waals surface area contributed by atoms with Crippen LogP contribution in [0.2, 0.25) is 10.0 Å². The van der Waals surface area contributed by atoms with Gasteiger partial charge in [0.15, 0.2) is 0 Å². The van der Waals surface area contributed by atoms with Gasteiger partial charge in [-0.05, 0) is 51.1 Å². The lowest BCUT2D eigenvalue weighted by Crippen LogP contribution is -2.35. The highest BCUT2D eigenvalue weighted by atomic mass is 35.5. The maximum Gasteiger partial charge on any atom is 0.282 e. The van der Waals surface area contributed by atoms with E-state index in [1.165, 1.54) is 10.9 Å². The first-order valence-corrected chi connectivity index (χ1v) is 12.1. The number of halogens is 2. The number of hydrogen-bond acceptors (Lipinski definition) is 7. The average Bonchev–Trinajstić information content (AvgIpc) is 2.84. The van der Waals surface area contributed by atoms with Crippen LogP contribution in [0.15, 0.2) is 53.5 Å². The minimum atomic E-state index is -0.402. The molecule has 180 valence electrons. The van der Waals surface area contributed by atoms with E-state index < -0.39 is 5.56 Å². The van der Waals surface area contributed by atoms with Gasteiger partial charge in [-0.3, -0.25) is 4.79 Å². The van der Waals surface area contributed by atoms with Crippen molar-refractivity contribution in [2.45, 2.75) is 25.9 Å². The SMILES string of the molecule is Cc1nn(-c2c(Cl)cccc2Cl)c(=O)c2cnc(Nc3cccc(OC4CCN(C)CC4)c3)nc12. The third kappa shape index (κ3) is 4.96. The van der Waals surface area contributed by atoms with Crippen LogP contribution in [0.1, 0.15) is 18.5 Å². The number of nitrogens with zero attached hydrogens (tertiary/aromatic N) is 5. The predicted molar refractivity (Wildman–Crippen MR) is 139 cm³/mol. The summed E-state index contributed by atoms with van der Waals surface area (Å²) in [6, 6.07) is 12.7. The van der Waals surface area contributed by atoms with Crippen molar-refractivity contribution < 1.29 is 4.74 Å². The second-order valence-electron chi connectivity index (χ2n) is 8.60. The van der Waals surface area contributed by atoms with Crippen LogP contribution in [0, 0.1) is 6.92 Å². The minimum Gasteiger partial charge on any atom is -0.490 e. The van der Waals surface area contributed by atoms with E-state index in [-0.39, 0.29) is 6.10 Å². The Balaban J connectivity index is 1.42. The number of para-hydroxylation sites is 1. The van der Waals surface area contributed by atoms with Crippen molar-refractivity contribution in [3.8, 4) is 11.4 Å². The van der Waals surface area contributed by atoms with E-state index >= 15 is 0 Å². The maximum absolute atomic E-state index is 13.2. The van der Waals surface area contributed by atoms with Crippen LogP contribution in [0.3, 0.4) is 0 Å². The molecule has 3 heterocycles. The van der Waals surface area contributed by atoms with E-state index in [0.29, 0.717) is 38.3 Å². The zero-order chi connectivity index (χ0) is 24.5. The molecule has 1 aliphatic heterocycles. The molecule has 2 aromatic heterocycles. The van der Waals surface area contributed by atoms with Crippen molar-refractivity contribution in [2.75, 3.05) is 25.5 Å². The molecule has 0 aliphatic carbocycles. The third-order valence-corrected chi connectivity index (χ3v) is 6.62. The summed E-state index contributed by atoms with van der Waals surface area (Å²) in [5.41, 5.74) is 1.71. The van der Waals surface area contributed by atoms with Gasteiger partial charge < -0.3 is 15.0 Å². The van der Waals surface area contributed by atoms with Crippen molar-refractivity contribution >= 4 is 45.7 Å². The molecule has 0 atom stereocenters. The average molecular weight is 511 g/mol. The molecule has 0 saturated carbocycles. The Bertz CT molecular complexity index is 1430. The molecular formula is C25H24Cl2N6O2. The van der Waals surface area contributed by atoms with Gasteiger partial charge in [0.05, 0.1) is 21.1 Å². The molecule has 0 unspecified atom stereocenters. The Hall–Kier alpha value is -3.20. The Morgan fingerprint density at radius 3 is 2.54 bits per heavy atom. The Morgan fingerprint density at radius 2 is 1.80 bits per heavy atom. The molecule has 8 nitrogen and oxygen atoms in total. The van der Waals surface area contributed by atoms with E-state index in [9.17, 15) is 4.79 Å². The van der Waals surface area contributed by atoms with Crippen LogP contribution < -0.4 is 15.6 Å². The molecule has 0 radical (unpaired) electrons. The normalized spacial score (nSPS) is 14.9. The monoisotopic (exact) mass is 510 g/mol. The number of hydrogen-bond donors (Lipinski definition) is 1. The zero-order valence-corrected chi connectivity index (χ0v) is 20.8. The second-order valence-corrected chi connectivity index (χ2v) is 9.42. The number of likely N-dealkylation sites (tertiary alicyclic amines) is 1. The number of aromatic nitrogens is 4. The zero-order valence-electron chi connectivity index (χ0n) is 19.3. The third-order valence-electron chi connectivity index (χ3n) is 6.01. The molecule has 35 heavy (non-hydrogen) atoms. The van der Waals surface area contributed by atoms with Crippen LogP contribution in [-0.4, -0.2) is 50.9 Å². The largest absolute Gasteiger partial charge is 0.490 e. The summed E-state index contributed by atoms with van der Waals surface area (Å²) in [4.78, 5) is 24.4. The Kier molecular flexibility index (Phi) is 6.60. The van der Waals surface area contributed by atoms with E-state index in [1.807, 2.05) is 24.3 Å². The molecule has 10 heteroatoms. The lowest BCUT2D eigenvalue weighted by atomic mass is 10.1. The molecule has 5 rings (SSSR count). The lowest BCUT2D eigenvalue weighted by Gasteiger charge is -2.29. The number of nitrogens with one attached hydrogen (secondary N) is 1. The number of ether oxygens (including phenoxy) is 1. The van der Waals surface area contributed by atoms with Gasteiger partial charge in [-0.25, -0.2) is 9.97 Å². The van der Waals surface area contributed by atoms with Crippen LogP contribution in [0.5, 0.6) is 5.75 Å². The first-order valence-electron chi connectivity index (χ1n) is 11.3. The molecule has 1 N–H and O–H groups in total. The summed E-state index contributed by atoms with van der Waals surface area (Å²) >= 11 is 12.6. The highest BCUT2D eigenvalue weighted by Gasteiger charge is 2.19. The van der Waals surface area contributed by atoms with Gasteiger partial charge in [0.25, 0.3) is 5.56 Å². The van der Waals surface area contributed by atoms with E-state index in [2.05, 4.69) is 32.3 Å². The first kappa shape index (κ1) is 23.5. The standard InChI is InChI=1S/C25H24Cl2N6O2/c1-15-22-19(24(34)33(31-15)23-20(26)7-4-8-21(23)27)14-28-25(30-22)29-16-5-3-6-18(13-16)35-17-9-11-32(2)12-10-17/h3-8,13-14,17H,9-12H2,1-2H3,(H,28,29,30). The van der Waals surface area contributed by atoms with Crippen molar-refractivity contribution in [3.05, 3.63) is 74.8 Å². The number of benzene rings is 2. The van der Waals surface area contributed by atoms with Crippen molar-refractivity contribution in [2.24, 2.45) is 0 Å². The number of aryl methyl sites for hydroxylation is 1. The van der Waals surface area contributed by atoms with Crippen molar-refractivity contribution in [1.29, 1.82) is 0 Å². The van der Waals surface area contributed by atoms with Crippen LogP contribution in [0.25, 0.3) is 16.6 Å². The Labute approximate surface area is 212 Å². The predicted octanol–water partition coefficient (Wildman–Crippen LogP) is 5.01. The van der Waals surface area contributed by atoms with Crippen LogP contribution in [-0.2, 0) is 0 Å². The fourth-order valence-corrected chi connectivity index (χ4v) is 4.70. The van der Waals surface area contributed by atoms with Gasteiger partial charge in [-0.1, -0.05) is 35.3 Å². The molecule has 2 aromatic carbocycles. The Morgan fingerprint density at radius 1 is 1.09 bits per heavy atom. The number of piperidine rings is 1. The first-order chi connectivity index (χ1) is 16.9. The molecule has 4 aromatic rings.